The maximum absolute atomic E-state index is 12.3. The van der Waals surface area contributed by atoms with Gasteiger partial charge in [0.25, 0.3) is 5.91 Å². The normalized spacial score (nSPS) is 17.1. The van der Waals surface area contributed by atoms with E-state index in [2.05, 4.69) is 24.1 Å². The minimum Gasteiger partial charge on any atom is -0.381 e. The Kier molecular flexibility index (Phi) is 4.74. The molecule has 0 spiro atoms. The van der Waals surface area contributed by atoms with Crippen molar-refractivity contribution in [2.45, 2.75) is 26.3 Å². The first kappa shape index (κ1) is 13.8. The molecule has 1 unspecified atom stereocenters. The second kappa shape index (κ2) is 6.52. The number of carbonyl (C=O) groups is 1. The molecular weight excluding hydrogens is 242 g/mol. The summed E-state index contributed by atoms with van der Waals surface area (Å²) in [6.07, 6.45) is 4.41. The van der Waals surface area contributed by atoms with E-state index >= 15 is 0 Å². The molecule has 5 nitrogen and oxygen atoms in total. The van der Waals surface area contributed by atoms with Gasteiger partial charge in [-0.25, -0.2) is 0 Å². The van der Waals surface area contributed by atoms with E-state index < -0.39 is 0 Å². The fraction of sp³-hybridized carbons (Fsp3) is 0.571. The van der Waals surface area contributed by atoms with Gasteiger partial charge in [-0.2, -0.15) is 0 Å². The van der Waals surface area contributed by atoms with Gasteiger partial charge in [0, 0.05) is 31.5 Å². The SMILES string of the molecule is CCC(C)Nc1cncc(C(=O)N2CCOCC2)c1. The topological polar surface area (TPSA) is 54.5 Å². The van der Waals surface area contributed by atoms with Crippen molar-refractivity contribution in [3.63, 3.8) is 0 Å². The largest absolute Gasteiger partial charge is 0.381 e. The zero-order valence-electron chi connectivity index (χ0n) is 11.6. The van der Waals surface area contributed by atoms with Gasteiger partial charge in [0.05, 0.1) is 24.5 Å². The Bertz CT molecular complexity index is 430. The highest BCUT2D eigenvalue weighted by molar-refractivity contribution is 5.94. The molecule has 1 aromatic heterocycles. The van der Waals surface area contributed by atoms with Gasteiger partial charge < -0.3 is 15.0 Å². The molecule has 0 aliphatic carbocycles. The zero-order chi connectivity index (χ0) is 13.7. The lowest BCUT2D eigenvalue weighted by Crippen LogP contribution is -2.40. The third-order valence-electron chi connectivity index (χ3n) is 3.31. The first-order valence-electron chi connectivity index (χ1n) is 6.79. The number of rotatable bonds is 4. The first-order chi connectivity index (χ1) is 9.20. The van der Waals surface area contributed by atoms with Crippen LogP contribution in [0.25, 0.3) is 0 Å². The van der Waals surface area contributed by atoms with Gasteiger partial charge in [-0.1, -0.05) is 6.92 Å². The molecule has 0 bridgehead atoms. The van der Waals surface area contributed by atoms with Crippen LogP contribution in [0.5, 0.6) is 0 Å². The maximum Gasteiger partial charge on any atom is 0.255 e. The van der Waals surface area contributed by atoms with Gasteiger partial charge in [0.1, 0.15) is 0 Å². The number of hydrogen-bond acceptors (Lipinski definition) is 4. The van der Waals surface area contributed by atoms with Gasteiger partial charge in [-0.15, -0.1) is 0 Å². The quantitative estimate of drug-likeness (QED) is 0.899. The molecule has 1 amide bonds. The van der Waals surface area contributed by atoms with Crippen molar-refractivity contribution < 1.29 is 9.53 Å². The molecule has 1 aromatic rings. The van der Waals surface area contributed by atoms with Gasteiger partial charge in [0.2, 0.25) is 0 Å². The Hall–Kier alpha value is -1.62. The summed E-state index contributed by atoms with van der Waals surface area (Å²) in [6.45, 7) is 6.77. The van der Waals surface area contributed by atoms with Crippen molar-refractivity contribution in [1.82, 2.24) is 9.88 Å². The second-order valence-electron chi connectivity index (χ2n) is 4.82. The molecule has 5 heteroatoms. The highest BCUT2D eigenvalue weighted by atomic mass is 16.5. The Morgan fingerprint density at radius 3 is 2.89 bits per heavy atom. The van der Waals surface area contributed by atoms with E-state index in [0.29, 0.717) is 37.9 Å². The standard InChI is InChI=1S/C14H21N3O2/c1-3-11(2)16-13-8-12(9-15-10-13)14(18)17-4-6-19-7-5-17/h8-11,16H,3-7H2,1-2H3. The fourth-order valence-corrected chi connectivity index (χ4v) is 1.97. The minimum absolute atomic E-state index is 0.0311. The van der Waals surface area contributed by atoms with Crippen LogP contribution in [0.2, 0.25) is 0 Å². The van der Waals surface area contributed by atoms with E-state index in [1.54, 1.807) is 12.4 Å². The average Bonchev–Trinajstić information content (AvgIpc) is 2.47. The van der Waals surface area contributed by atoms with Crippen LogP contribution in [0, 0.1) is 0 Å². The predicted molar refractivity (Wildman–Crippen MR) is 74.3 cm³/mol. The summed E-state index contributed by atoms with van der Waals surface area (Å²) in [5.74, 6) is 0.0311. The number of amides is 1. The number of aromatic nitrogens is 1. The highest BCUT2D eigenvalue weighted by Crippen LogP contribution is 2.13. The molecule has 104 valence electrons. The van der Waals surface area contributed by atoms with Crippen LogP contribution in [0.15, 0.2) is 18.5 Å². The van der Waals surface area contributed by atoms with E-state index in [-0.39, 0.29) is 5.91 Å². The van der Waals surface area contributed by atoms with Crippen LogP contribution in [0.4, 0.5) is 5.69 Å². The molecular formula is C14H21N3O2. The molecule has 0 radical (unpaired) electrons. The van der Waals surface area contributed by atoms with Crippen LogP contribution in [-0.2, 0) is 4.74 Å². The molecule has 19 heavy (non-hydrogen) atoms. The summed E-state index contributed by atoms with van der Waals surface area (Å²) in [6, 6.07) is 2.24. The van der Waals surface area contributed by atoms with E-state index in [4.69, 9.17) is 4.74 Å². The van der Waals surface area contributed by atoms with Gasteiger partial charge in [0.15, 0.2) is 0 Å². The molecule has 1 aliphatic heterocycles. The number of anilines is 1. The van der Waals surface area contributed by atoms with E-state index in [9.17, 15) is 4.79 Å². The molecule has 1 fully saturated rings. The van der Waals surface area contributed by atoms with E-state index in [1.165, 1.54) is 0 Å². The van der Waals surface area contributed by atoms with Gasteiger partial charge in [-0.3, -0.25) is 9.78 Å². The lowest BCUT2D eigenvalue weighted by molar-refractivity contribution is 0.0302. The number of nitrogens with one attached hydrogen (secondary N) is 1. The number of carbonyl (C=O) groups excluding carboxylic acids is 1. The van der Waals surface area contributed by atoms with Crippen molar-refractivity contribution >= 4 is 11.6 Å². The van der Waals surface area contributed by atoms with Crippen molar-refractivity contribution in [3.05, 3.63) is 24.0 Å². The molecule has 1 aliphatic rings. The molecule has 2 rings (SSSR count). The van der Waals surface area contributed by atoms with Crippen LogP contribution in [0.1, 0.15) is 30.6 Å². The van der Waals surface area contributed by atoms with Crippen molar-refractivity contribution in [1.29, 1.82) is 0 Å². The van der Waals surface area contributed by atoms with Crippen molar-refractivity contribution in [2.24, 2.45) is 0 Å². The van der Waals surface area contributed by atoms with Gasteiger partial charge in [-0.05, 0) is 19.4 Å². The fourth-order valence-electron chi connectivity index (χ4n) is 1.97. The summed E-state index contributed by atoms with van der Waals surface area (Å²) in [5.41, 5.74) is 1.53. The lowest BCUT2D eigenvalue weighted by atomic mass is 10.2. The van der Waals surface area contributed by atoms with Gasteiger partial charge >= 0.3 is 0 Å². The van der Waals surface area contributed by atoms with E-state index in [1.807, 2.05) is 11.0 Å². The molecule has 1 saturated heterocycles. The summed E-state index contributed by atoms with van der Waals surface area (Å²) < 4.78 is 5.25. The summed E-state index contributed by atoms with van der Waals surface area (Å²) >= 11 is 0. The molecule has 2 heterocycles. The Morgan fingerprint density at radius 2 is 2.21 bits per heavy atom. The highest BCUT2D eigenvalue weighted by Gasteiger charge is 2.19. The summed E-state index contributed by atoms with van der Waals surface area (Å²) in [4.78, 5) is 18.3. The summed E-state index contributed by atoms with van der Waals surface area (Å²) in [7, 11) is 0. The summed E-state index contributed by atoms with van der Waals surface area (Å²) in [5, 5.41) is 3.33. The third-order valence-corrected chi connectivity index (χ3v) is 3.31. The lowest BCUT2D eigenvalue weighted by Gasteiger charge is -2.27. The zero-order valence-corrected chi connectivity index (χ0v) is 11.6. The molecule has 1 atom stereocenters. The van der Waals surface area contributed by atoms with Crippen molar-refractivity contribution in [2.75, 3.05) is 31.6 Å². The molecule has 1 N–H and O–H groups in total. The minimum atomic E-state index is 0.0311. The van der Waals surface area contributed by atoms with Crippen molar-refractivity contribution in [3.8, 4) is 0 Å². The number of morpholine rings is 1. The smallest absolute Gasteiger partial charge is 0.255 e. The number of hydrogen-bond donors (Lipinski definition) is 1. The molecule has 0 saturated carbocycles. The van der Waals surface area contributed by atoms with Crippen LogP contribution >= 0.6 is 0 Å². The van der Waals surface area contributed by atoms with Crippen LogP contribution < -0.4 is 5.32 Å². The number of pyridine rings is 1. The average molecular weight is 263 g/mol. The number of ether oxygens (including phenoxy) is 1. The Morgan fingerprint density at radius 1 is 1.47 bits per heavy atom. The Labute approximate surface area is 114 Å². The predicted octanol–water partition coefficient (Wildman–Crippen LogP) is 1.76. The first-order valence-corrected chi connectivity index (χ1v) is 6.79. The monoisotopic (exact) mass is 263 g/mol. The van der Waals surface area contributed by atoms with Crippen LogP contribution in [-0.4, -0.2) is 48.1 Å². The number of nitrogens with zero attached hydrogens (tertiary/aromatic N) is 2. The van der Waals surface area contributed by atoms with Crippen LogP contribution in [0.3, 0.4) is 0 Å². The molecule has 0 aromatic carbocycles. The van der Waals surface area contributed by atoms with E-state index in [0.717, 1.165) is 12.1 Å². The Balaban J connectivity index is 2.06. The maximum atomic E-state index is 12.3. The third kappa shape index (κ3) is 3.67. The second-order valence-corrected chi connectivity index (χ2v) is 4.82.